The van der Waals surface area contributed by atoms with E-state index in [1.165, 1.54) is 16.2 Å². The molecule has 352 valence electrons. The standard InChI is InChI=1S/C45H55N9O11S/c1-26(2)19-34(48-37(56)24-46)44(64)54(28(25-55)20-30-29-11-6-7-12-32(29)49-41(30)36-13-8-18-66-36)45(65)35(23-40(60)61)51-43(63)33(50-42(62)31(47)21-39(58)59)22-38(57)53-16-14-52(15-17-53)27-9-4-3-5-10-27/h3-13,18,25-26,28,31,33-35,49H,14-17,19-24,46-47H2,1-2H3,(H,48,56)(H,50,62)(H,51,63)(H,58,59)(H,60,61)/t28-,31+,33-,34-,35-/m1/s1. The maximum Gasteiger partial charge on any atom is 0.305 e. The molecule has 2 aromatic heterocycles. The van der Waals surface area contributed by atoms with Crippen LogP contribution in [0.2, 0.25) is 0 Å². The average molecular weight is 930 g/mol. The minimum atomic E-state index is -2.11. The van der Waals surface area contributed by atoms with Crippen LogP contribution in [-0.2, 0) is 49.6 Å². The quantitative estimate of drug-likeness (QED) is 0.0507. The Bertz CT molecular complexity index is 2380. The summed E-state index contributed by atoms with van der Waals surface area (Å²) in [6, 6.07) is 11.5. The molecular weight excluding hydrogens is 875 g/mol. The second kappa shape index (κ2) is 23.3. The molecule has 0 radical (unpaired) electrons. The minimum absolute atomic E-state index is 0.0458. The van der Waals surface area contributed by atoms with Gasteiger partial charge in [0.05, 0.1) is 48.5 Å². The van der Waals surface area contributed by atoms with E-state index in [0.717, 1.165) is 10.6 Å². The summed E-state index contributed by atoms with van der Waals surface area (Å²) < 4.78 is 0. The van der Waals surface area contributed by atoms with Crippen molar-refractivity contribution in [3.63, 3.8) is 0 Å². The first-order valence-corrected chi connectivity index (χ1v) is 22.2. The molecule has 2 aromatic carbocycles. The first kappa shape index (κ1) is 50.0. The van der Waals surface area contributed by atoms with Crippen molar-refractivity contribution in [2.75, 3.05) is 37.6 Å². The number of carbonyl (C=O) groups is 9. The number of imide groups is 1. The summed E-state index contributed by atoms with van der Waals surface area (Å²) in [7, 11) is 0. The largest absolute Gasteiger partial charge is 0.481 e. The van der Waals surface area contributed by atoms with Crippen LogP contribution in [0.5, 0.6) is 0 Å². The zero-order valence-electron chi connectivity index (χ0n) is 36.5. The number of carboxylic acids is 2. The van der Waals surface area contributed by atoms with Crippen LogP contribution in [0.3, 0.4) is 0 Å². The Morgan fingerprint density at radius 2 is 1.42 bits per heavy atom. The SMILES string of the molecule is CC(C)C[C@@H](NC(=O)CN)C(=O)N(C(=O)[C@@H](CC(=O)O)NC(=O)[C@@H](CC(=O)N1CCN(c2ccccc2)CC1)NC(=O)[C@@H](N)CC(=O)O)[C@@H](C=O)Cc1c(-c2cccs2)[nH]c2ccccc12. The van der Waals surface area contributed by atoms with Crippen LogP contribution < -0.4 is 32.3 Å². The van der Waals surface area contributed by atoms with E-state index in [1.807, 2.05) is 47.8 Å². The number of nitrogens with zero attached hydrogens (tertiary/aromatic N) is 3. The topological polar surface area (TPSA) is 308 Å². The van der Waals surface area contributed by atoms with Gasteiger partial charge in [-0.1, -0.05) is 56.3 Å². The third-order valence-electron chi connectivity index (χ3n) is 11.0. The Balaban J connectivity index is 1.51. The number of aliphatic carboxylic acids is 2. The summed E-state index contributed by atoms with van der Waals surface area (Å²) in [5, 5.41) is 29.0. The van der Waals surface area contributed by atoms with Gasteiger partial charge >= 0.3 is 11.9 Å². The maximum atomic E-state index is 15.0. The molecule has 0 aliphatic carbocycles. The van der Waals surface area contributed by atoms with Gasteiger partial charge in [-0.25, -0.2) is 0 Å². The van der Waals surface area contributed by atoms with Gasteiger partial charge in [-0.15, -0.1) is 11.3 Å². The number of nitrogens with one attached hydrogen (secondary N) is 4. The lowest BCUT2D eigenvalue weighted by Gasteiger charge is -2.37. The predicted molar refractivity (Wildman–Crippen MR) is 244 cm³/mol. The fourth-order valence-electron chi connectivity index (χ4n) is 7.74. The number of piperazine rings is 1. The van der Waals surface area contributed by atoms with E-state index >= 15 is 0 Å². The van der Waals surface area contributed by atoms with Gasteiger partial charge in [-0.05, 0) is 47.5 Å². The van der Waals surface area contributed by atoms with Gasteiger partial charge in [0.15, 0.2) is 0 Å². The Morgan fingerprint density at radius 3 is 2.03 bits per heavy atom. The monoisotopic (exact) mass is 929 g/mol. The normalized spacial score (nSPS) is 14.9. The van der Waals surface area contributed by atoms with Gasteiger partial charge in [0.1, 0.15) is 24.4 Å². The number of rotatable bonds is 22. The molecule has 20 nitrogen and oxygen atoms in total. The van der Waals surface area contributed by atoms with Crippen LogP contribution >= 0.6 is 11.3 Å². The van der Waals surface area contributed by atoms with Crippen LogP contribution in [0.15, 0.2) is 72.1 Å². The zero-order valence-corrected chi connectivity index (χ0v) is 37.3. The lowest BCUT2D eigenvalue weighted by atomic mass is 9.97. The Labute approximate surface area is 384 Å². The number of fused-ring (bicyclic) bond motifs is 1. The van der Waals surface area contributed by atoms with E-state index in [9.17, 15) is 53.4 Å². The number of aromatic nitrogens is 1. The molecule has 1 aliphatic heterocycles. The highest BCUT2D eigenvalue weighted by atomic mass is 32.1. The number of anilines is 1. The van der Waals surface area contributed by atoms with E-state index < -0.39 is 103 Å². The number of H-pyrrole nitrogens is 1. The number of hydrogen-bond donors (Lipinski definition) is 8. The summed E-state index contributed by atoms with van der Waals surface area (Å²) in [5.74, 6) is -9.51. The van der Waals surface area contributed by atoms with Crippen LogP contribution in [-0.4, -0.2) is 142 Å². The number of carbonyl (C=O) groups excluding carboxylic acids is 7. The Hall–Kier alpha value is -6.97. The number of thiophene rings is 1. The van der Waals surface area contributed by atoms with Crippen molar-refractivity contribution in [2.45, 2.75) is 76.2 Å². The van der Waals surface area contributed by atoms with E-state index in [-0.39, 0.29) is 31.8 Å². The Kier molecular flexibility index (Phi) is 17.7. The third-order valence-corrected chi connectivity index (χ3v) is 11.9. The molecule has 5 atom stereocenters. The van der Waals surface area contributed by atoms with Crippen molar-refractivity contribution < 1.29 is 53.4 Å². The van der Waals surface area contributed by atoms with Gasteiger partial charge in [0.25, 0.3) is 11.8 Å². The van der Waals surface area contributed by atoms with Crippen LogP contribution in [0.4, 0.5) is 5.69 Å². The van der Waals surface area contributed by atoms with E-state index in [0.29, 0.717) is 46.4 Å². The molecule has 21 heteroatoms. The van der Waals surface area contributed by atoms with Gasteiger partial charge in [0.2, 0.25) is 23.6 Å². The van der Waals surface area contributed by atoms with Crippen LogP contribution in [0, 0.1) is 5.92 Å². The molecular formula is C45H55N9O11S. The Morgan fingerprint density at radius 1 is 0.788 bits per heavy atom. The lowest BCUT2D eigenvalue weighted by Crippen LogP contribution is -2.62. The summed E-state index contributed by atoms with van der Waals surface area (Å²) in [6.07, 6.45) is -2.71. The zero-order chi connectivity index (χ0) is 48.1. The number of nitrogens with two attached hydrogens (primary N) is 2. The number of benzene rings is 2. The number of aldehydes is 1. The molecule has 5 rings (SSSR count). The van der Waals surface area contributed by atoms with E-state index in [2.05, 4.69) is 25.8 Å². The summed E-state index contributed by atoms with van der Waals surface area (Å²) in [6.45, 7) is 4.25. The number of hydrogen-bond acceptors (Lipinski definition) is 13. The van der Waals surface area contributed by atoms with Crippen molar-refractivity contribution in [3.05, 3.63) is 77.7 Å². The highest BCUT2D eigenvalue weighted by molar-refractivity contribution is 7.13. The molecule has 1 saturated heterocycles. The molecule has 66 heavy (non-hydrogen) atoms. The van der Waals surface area contributed by atoms with Crippen molar-refractivity contribution >= 4 is 81.6 Å². The predicted octanol–water partition coefficient (Wildman–Crippen LogP) is 0.836. The van der Waals surface area contributed by atoms with E-state index in [1.54, 1.807) is 38.1 Å². The fourth-order valence-corrected chi connectivity index (χ4v) is 8.50. The smallest absolute Gasteiger partial charge is 0.305 e. The van der Waals surface area contributed by atoms with Gasteiger partial charge < -0.3 is 57.2 Å². The highest BCUT2D eigenvalue weighted by Gasteiger charge is 2.42. The second-order valence-electron chi connectivity index (χ2n) is 16.2. The molecule has 0 unspecified atom stereocenters. The molecule has 0 spiro atoms. The molecule has 1 aliphatic rings. The number of para-hydroxylation sites is 2. The second-order valence-corrected chi connectivity index (χ2v) is 17.2. The number of aromatic amines is 1. The third kappa shape index (κ3) is 13.1. The van der Waals surface area contributed by atoms with Gasteiger partial charge in [0, 0.05) is 49.2 Å². The lowest BCUT2D eigenvalue weighted by molar-refractivity contribution is -0.155. The van der Waals surface area contributed by atoms with Gasteiger partial charge in [-0.2, -0.15) is 0 Å². The highest BCUT2D eigenvalue weighted by Crippen LogP contribution is 2.34. The fraction of sp³-hybridized carbons (Fsp3) is 0.400. The van der Waals surface area contributed by atoms with Crippen molar-refractivity contribution in [2.24, 2.45) is 17.4 Å². The van der Waals surface area contributed by atoms with Crippen molar-refractivity contribution in [1.29, 1.82) is 0 Å². The average Bonchev–Trinajstić information content (AvgIpc) is 3.96. The minimum Gasteiger partial charge on any atom is -0.481 e. The summed E-state index contributed by atoms with van der Waals surface area (Å²) in [4.78, 5) is 129. The number of carboxylic acid groups (broad SMARTS) is 2. The first-order valence-electron chi connectivity index (χ1n) is 21.3. The summed E-state index contributed by atoms with van der Waals surface area (Å²) >= 11 is 1.39. The molecule has 0 saturated carbocycles. The molecule has 3 heterocycles. The van der Waals surface area contributed by atoms with Gasteiger partial charge in [-0.3, -0.25) is 43.3 Å². The van der Waals surface area contributed by atoms with Crippen molar-refractivity contribution in [3.8, 4) is 10.6 Å². The molecule has 6 amide bonds. The first-order chi connectivity index (χ1) is 31.5. The van der Waals surface area contributed by atoms with Crippen LogP contribution in [0.25, 0.3) is 21.5 Å². The molecule has 1 fully saturated rings. The summed E-state index contributed by atoms with van der Waals surface area (Å²) in [5.41, 5.74) is 14.1. The van der Waals surface area contributed by atoms with E-state index in [4.69, 9.17) is 11.5 Å². The maximum absolute atomic E-state index is 15.0. The van der Waals surface area contributed by atoms with Crippen LogP contribution in [0.1, 0.15) is 45.1 Å². The van der Waals surface area contributed by atoms with Crippen molar-refractivity contribution in [1.82, 2.24) is 30.7 Å². The molecule has 10 N–H and O–H groups in total. The molecule has 4 aromatic rings. The molecule has 0 bridgehead atoms. The number of amides is 6.